The topological polar surface area (TPSA) is 16.1 Å². The van der Waals surface area contributed by atoms with Crippen LogP contribution >= 0.6 is 11.6 Å². The van der Waals surface area contributed by atoms with Crippen molar-refractivity contribution in [2.75, 3.05) is 12.9 Å². The van der Waals surface area contributed by atoms with Crippen LogP contribution in [0.1, 0.15) is 18.2 Å². The first-order valence-electron chi connectivity index (χ1n) is 4.82. The average molecular weight is 213 g/mol. The Kier molecular flexibility index (Phi) is 4.36. The molecule has 0 saturated heterocycles. The van der Waals surface area contributed by atoms with Crippen LogP contribution < -0.4 is 0 Å². The number of hydrogen-bond acceptors (Lipinski definition) is 2. The number of rotatable bonds is 4. The summed E-state index contributed by atoms with van der Waals surface area (Å²) in [4.78, 5) is 6.56. The van der Waals surface area contributed by atoms with E-state index in [4.69, 9.17) is 11.6 Å². The predicted molar refractivity (Wildman–Crippen MR) is 60.6 cm³/mol. The van der Waals surface area contributed by atoms with Crippen LogP contribution in [0.5, 0.6) is 0 Å². The standard InChI is InChI=1S/C11H17ClN2/c1-9-5-4-6-13-11(9)8-14(3)10(2)7-12/h4-6,10H,7-8H2,1-3H3. The zero-order valence-corrected chi connectivity index (χ0v) is 9.75. The summed E-state index contributed by atoms with van der Waals surface area (Å²) < 4.78 is 0. The van der Waals surface area contributed by atoms with Crippen LogP contribution in [0, 0.1) is 6.92 Å². The highest BCUT2D eigenvalue weighted by atomic mass is 35.5. The van der Waals surface area contributed by atoms with Crippen molar-refractivity contribution in [3.8, 4) is 0 Å². The molecule has 14 heavy (non-hydrogen) atoms. The zero-order valence-electron chi connectivity index (χ0n) is 9.00. The molecule has 0 spiro atoms. The molecule has 1 heterocycles. The van der Waals surface area contributed by atoms with Crippen molar-refractivity contribution in [1.82, 2.24) is 9.88 Å². The van der Waals surface area contributed by atoms with Crippen molar-refractivity contribution >= 4 is 11.6 Å². The maximum absolute atomic E-state index is 5.79. The fraction of sp³-hybridized carbons (Fsp3) is 0.545. The number of pyridine rings is 1. The number of nitrogens with zero attached hydrogens (tertiary/aromatic N) is 2. The third kappa shape index (κ3) is 2.96. The molecule has 78 valence electrons. The lowest BCUT2D eigenvalue weighted by atomic mass is 10.2. The molecule has 1 rings (SSSR count). The predicted octanol–water partition coefficient (Wildman–Crippen LogP) is 2.45. The van der Waals surface area contributed by atoms with E-state index in [2.05, 4.69) is 36.8 Å². The van der Waals surface area contributed by atoms with Crippen molar-refractivity contribution in [1.29, 1.82) is 0 Å². The van der Waals surface area contributed by atoms with E-state index >= 15 is 0 Å². The van der Waals surface area contributed by atoms with Gasteiger partial charge in [0.2, 0.25) is 0 Å². The zero-order chi connectivity index (χ0) is 10.6. The van der Waals surface area contributed by atoms with Gasteiger partial charge in [-0.3, -0.25) is 9.88 Å². The molecule has 0 aliphatic heterocycles. The van der Waals surface area contributed by atoms with Gasteiger partial charge in [0.15, 0.2) is 0 Å². The quantitative estimate of drug-likeness (QED) is 0.713. The Balaban J connectivity index is 2.64. The Bertz CT molecular complexity index is 288. The van der Waals surface area contributed by atoms with Gasteiger partial charge >= 0.3 is 0 Å². The fourth-order valence-corrected chi connectivity index (χ4v) is 1.43. The van der Waals surface area contributed by atoms with Gasteiger partial charge in [-0.05, 0) is 32.5 Å². The van der Waals surface area contributed by atoms with E-state index in [0.717, 1.165) is 12.2 Å². The molecule has 3 heteroatoms. The number of aromatic nitrogens is 1. The van der Waals surface area contributed by atoms with Crippen molar-refractivity contribution in [3.05, 3.63) is 29.6 Å². The van der Waals surface area contributed by atoms with Crippen LogP contribution in [-0.2, 0) is 6.54 Å². The number of halogens is 1. The molecule has 0 radical (unpaired) electrons. The van der Waals surface area contributed by atoms with Gasteiger partial charge in [0, 0.05) is 24.7 Å². The van der Waals surface area contributed by atoms with E-state index in [1.807, 2.05) is 12.3 Å². The SMILES string of the molecule is Cc1cccnc1CN(C)C(C)CCl. The summed E-state index contributed by atoms with van der Waals surface area (Å²) in [6, 6.07) is 4.43. The molecule has 0 aromatic carbocycles. The lowest BCUT2D eigenvalue weighted by Gasteiger charge is -2.22. The molecule has 1 unspecified atom stereocenters. The molecule has 1 aromatic heterocycles. The summed E-state index contributed by atoms with van der Waals surface area (Å²) in [5, 5.41) is 0. The van der Waals surface area contributed by atoms with Crippen LogP contribution in [0.25, 0.3) is 0 Å². The third-order valence-corrected chi connectivity index (χ3v) is 2.94. The number of alkyl halides is 1. The minimum absolute atomic E-state index is 0.387. The summed E-state index contributed by atoms with van der Waals surface area (Å²) in [5.41, 5.74) is 2.37. The largest absolute Gasteiger partial charge is 0.297 e. The highest BCUT2D eigenvalue weighted by Gasteiger charge is 2.09. The lowest BCUT2D eigenvalue weighted by molar-refractivity contribution is 0.265. The van der Waals surface area contributed by atoms with Gasteiger partial charge < -0.3 is 0 Å². The van der Waals surface area contributed by atoms with E-state index < -0.39 is 0 Å². The molecule has 2 nitrogen and oxygen atoms in total. The first-order valence-corrected chi connectivity index (χ1v) is 5.35. The summed E-state index contributed by atoms with van der Waals surface area (Å²) in [6.45, 7) is 5.06. The molecular weight excluding hydrogens is 196 g/mol. The molecule has 0 aliphatic rings. The van der Waals surface area contributed by atoms with E-state index in [9.17, 15) is 0 Å². The molecule has 0 aliphatic carbocycles. The molecule has 0 N–H and O–H groups in total. The highest BCUT2D eigenvalue weighted by Crippen LogP contribution is 2.08. The Labute approximate surface area is 90.9 Å². The second-order valence-electron chi connectivity index (χ2n) is 3.69. The van der Waals surface area contributed by atoms with E-state index in [-0.39, 0.29) is 0 Å². The number of aryl methyl sites for hydroxylation is 1. The van der Waals surface area contributed by atoms with Crippen LogP contribution in [-0.4, -0.2) is 28.9 Å². The molecule has 1 atom stereocenters. The summed E-state index contributed by atoms with van der Waals surface area (Å²) in [5.74, 6) is 0.655. The number of hydrogen-bond donors (Lipinski definition) is 0. The van der Waals surface area contributed by atoms with Crippen molar-refractivity contribution in [2.45, 2.75) is 26.4 Å². The molecule has 0 saturated carbocycles. The minimum Gasteiger partial charge on any atom is -0.297 e. The first kappa shape index (κ1) is 11.5. The van der Waals surface area contributed by atoms with Gasteiger partial charge in [-0.25, -0.2) is 0 Å². The fourth-order valence-electron chi connectivity index (χ4n) is 1.19. The summed E-state index contributed by atoms with van der Waals surface area (Å²) >= 11 is 5.79. The van der Waals surface area contributed by atoms with Crippen molar-refractivity contribution in [3.63, 3.8) is 0 Å². The second kappa shape index (κ2) is 5.32. The van der Waals surface area contributed by atoms with Gasteiger partial charge in [-0.1, -0.05) is 6.07 Å². The molecule has 0 bridgehead atoms. The van der Waals surface area contributed by atoms with Crippen molar-refractivity contribution < 1.29 is 0 Å². The van der Waals surface area contributed by atoms with E-state index in [0.29, 0.717) is 11.9 Å². The molecule has 0 fully saturated rings. The smallest absolute Gasteiger partial charge is 0.0573 e. The van der Waals surface area contributed by atoms with Crippen molar-refractivity contribution in [2.24, 2.45) is 0 Å². The second-order valence-corrected chi connectivity index (χ2v) is 3.99. The highest BCUT2D eigenvalue weighted by molar-refractivity contribution is 6.18. The molecule has 0 amide bonds. The van der Waals surface area contributed by atoms with Gasteiger partial charge in [-0.15, -0.1) is 11.6 Å². The Hall–Kier alpha value is -0.600. The van der Waals surface area contributed by atoms with Gasteiger partial charge in [0.1, 0.15) is 0 Å². The lowest BCUT2D eigenvalue weighted by Crippen LogP contribution is -2.30. The normalized spacial score (nSPS) is 13.2. The summed E-state index contributed by atoms with van der Waals surface area (Å²) in [7, 11) is 2.07. The Morgan fingerprint density at radius 2 is 2.29 bits per heavy atom. The Morgan fingerprint density at radius 3 is 2.86 bits per heavy atom. The first-order chi connectivity index (χ1) is 6.65. The van der Waals surface area contributed by atoms with E-state index in [1.54, 1.807) is 0 Å². The maximum atomic E-state index is 5.79. The van der Waals surface area contributed by atoms with Crippen LogP contribution in [0.2, 0.25) is 0 Å². The van der Waals surface area contributed by atoms with E-state index in [1.165, 1.54) is 5.56 Å². The van der Waals surface area contributed by atoms with Gasteiger partial charge in [-0.2, -0.15) is 0 Å². The monoisotopic (exact) mass is 212 g/mol. The maximum Gasteiger partial charge on any atom is 0.0573 e. The Morgan fingerprint density at radius 1 is 1.57 bits per heavy atom. The minimum atomic E-state index is 0.387. The summed E-state index contributed by atoms with van der Waals surface area (Å²) in [6.07, 6.45) is 1.83. The van der Waals surface area contributed by atoms with Gasteiger partial charge in [0.25, 0.3) is 0 Å². The van der Waals surface area contributed by atoms with Crippen LogP contribution in [0.15, 0.2) is 18.3 Å². The average Bonchev–Trinajstić information content (AvgIpc) is 2.20. The van der Waals surface area contributed by atoms with Crippen LogP contribution in [0.3, 0.4) is 0 Å². The molecular formula is C11H17ClN2. The van der Waals surface area contributed by atoms with Crippen LogP contribution in [0.4, 0.5) is 0 Å². The third-order valence-electron chi connectivity index (χ3n) is 2.49. The van der Waals surface area contributed by atoms with Gasteiger partial charge in [0.05, 0.1) is 5.69 Å². The molecule has 1 aromatic rings.